The fourth-order valence-corrected chi connectivity index (χ4v) is 1.08. The summed E-state index contributed by atoms with van der Waals surface area (Å²) in [6.07, 6.45) is 5.37. The molecule has 70 valence electrons. The predicted molar refractivity (Wildman–Crippen MR) is 47.1 cm³/mol. The molecule has 0 aliphatic heterocycles. The summed E-state index contributed by atoms with van der Waals surface area (Å²) in [7, 11) is -3.89. The van der Waals surface area contributed by atoms with Crippen molar-refractivity contribution in [1.29, 1.82) is 0 Å². The van der Waals surface area contributed by atoms with E-state index in [1.165, 1.54) is 6.08 Å². The molecule has 0 aliphatic carbocycles. The van der Waals surface area contributed by atoms with Gasteiger partial charge in [-0.05, 0) is 12.8 Å². The van der Waals surface area contributed by atoms with Gasteiger partial charge in [0.05, 0.1) is 5.41 Å². The molecule has 0 bridgehead atoms. The van der Waals surface area contributed by atoms with Gasteiger partial charge in [0.15, 0.2) is 0 Å². The van der Waals surface area contributed by atoms with Crippen molar-refractivity contribution in [3.8, 4) is 0 Å². The third-order valence-electron chi connectivity index (χ3n) is 1.24. The van der Waals surface area contributed by atoms with Crippen LogP contribution in [-0.2, 0) is 10.1 Å². The van der Waals surface area contributed by atoms with E-state index in [1.807, 2.05) is 0 Å². The van der Waals surface area contributed by atoms with Gasteiger partial charge < -0.3 is 2.85 Å². The first-order chi connectivity index (χ1) is 5.06. The summed E-state index contributed by atoms with van der Waals surface area (Å²) < 4.78 is 28.5. The van der Waals surface area contributed by atoms with Crippen molar-refractivity contribution in [3.63, 3.8) is 0 Å². The molecule has 3 nitrogen and oxygen atoms in total. The quantitative estimate of drug-likeness (QED) is 0.297. The van der Waals surface area contributed by atoms with Crippen molar-refractivity contribution in [2.24, 2.45) is 0 Å². The summed E-state index contributed by atoms with van der Waals surface area (Å²) >= 11 is 0. The Labute approximate surface area is 128 Å². The van der Waals surface area contributed by atoms with E-state index < -0.39 is 10.1 Å². The Balaban J connectivity index is -0.0000000833. The molecule has 6 heteroatoms. The van der Waals surface area contributed by atoms with E-state index >= 15 is 0 Å². The summed E-state index contributed by atoms with van der Waals surface area (Å²) in [5, 5.41) is 0.836. The molecule has 13 heavy (non-hydrogen) atoms. The zero-order chi connectivity index (χ0) is 8.74. The van der Waals surface area contributed by atoms with Gasteiger partial charge in [-0.1, -0.05) is 25.8 Å². The van der Waals surface area contributed by atoms with E-state index in [4.69, 9.17) is 4.55 Å². The van der Waals surface area contributed by atoms with E-state index in [9.17, 15) is 8.42 Å². The van der Waals surface area contributed by atoms with Crippen molar-refractivity contribution in [2.75, 3.05) is 0 Å². The minimum Gasteiger partial charge on any atom is -1.00 e. The van der Waals surface area contributed by atoms with Crippen LogP contribution < -0.4 is 59.1 Å². The minimum atomic E-state index is -3.89. The summed E-state index contributed by atoms with van der Waals surface area (Å²) in [6.45, 7) is 2.08. The molecule has 0 radical (unpaired) electrons. The standard InChI is InChI=1S/C7H14O3S.2Na.2H/c1-2-3-4-5-6-7-11(8,9)10;;;;/h6-7H,2-5H2,1H3,(H,8,9,10);;;;/q;2*+1;2*-1. The molecule has 0 atom stereocenters. The molecule has 0 rings (SSSR count). The van der Waals surface area contributed by atoms with Crippen LogP contribution in [0.25, 0.3) is 0 Å². The first-order valence-electron chi connectivity index (χ1n) is 3.70. The van der Waals surface area contributed by atoms with Crippen LogP contribution in [0.15, 0.2) is 11.5 Å². The average Bonchev–Trinajstić information content (AvgIpc) is 1.85. The maximum absolute atomic E-state index is 10.1. The number of hydrogen-bond acceptors (Lipinski definition) is 2. The molecule has 1 N–H and O–H groups in total. The summed E-state index contributed by atoms with van der Waals surface area (Å²) in [6, 6.07) is 0. The molecule has 0 heterocycles. The van der Waals surface area contributed by atoms with Gasteiger partial charge in [-0.3, -0.25) is 4.55 Å². The maximum atomic E-state index is 10.1. The summed E-state index contributed by atoms with van der Waals surface area (Å²) in [5.41, 5.74) is 0. The summed E-state index contributed by atoms with van der Waals surface area (Å²) in [5.74, 6) is 0. The van der Waals surface area contributed by atoms with Crippen molar-refractivity contribution in [2.45, 2.75) is 32.6 Å². The van der Waals surface area contributed by atoms with Crippen LogP contribution in [0.2, 0.25) is 0 Å². The van der Waals surface area contributed by atoms with Crippen LogP contribution in [-0.4, -0.2) is 13.0 Å². The second-order valence-corrected chi connectivity index (χ2v) is 3.68. The fourth-order valence-electron chi connectivity index (χ4n) is 0.702. The molecule has 0 aliphatic rings. The van der Waals surface area contributed by atoms with E-state index in [-0.39, 0.29) is 62.0 Å². The van der Waals surface area contributed by atoms with Gasteiger partial charge >= 0.3 is 59.1 Å². The molecule has 0 aromatic heterocycles. The fraction of sp³-hybridized carbons (Fsp3) is 0.714. The summed E-state index contributed by atoms with van der Waals surface area (Å²) in [4.78, 5) is 0. The Morgan fingerprint density at radius 3 is 2.23 bits per heavy atom. The van der Waals surface area contributed by atoms with Crippen LogP contribution in [0, 0.1) is 0 Å². The largest absolute Gasteiger partial charge is 1.00 e. The van der Waals surface area contributed by atoms with Gasteiger partial charge in [0, 0.05) is 0 Å². The third-order valence-corrected chi connectivity index (χ3v) is 1.78. The number of hydrogen-bond donors (Lipinski definition) is 1. The Hall–Kier alpha value is 1.65. The van der Waals surface area contributed by atoms with Gasteiger partial charge in [0.25, 0.3) is 10.1 Å². The second-order valence-electron chi connectivity index (χ2n) is 2.38. The van der Waals surface area contributed by atoms with E-state index in [0.29, 0.717) is 6.42 Å². The zero-order valence-electron chi connectivity index (χ0n) is 10.7. The smallest absolute Gasteiger partial charge is 1.00 e. The van der Waals surface area contributed by atoms with Gasteiger partial charge in [-0.2, -0.15) is 8.42 Å². The van der Waals surface area contributed by atoms with Crippen molar-refractivity contribution in [3.05, 3.63) is 11.5 Å². The maximum Gasteiger partial charge on any atom is 1.00 e. The van der Waals surface area contributed by atoms with Crippen LogP contribution in [0.1, 0.15) is 35.5 Å². The van der Waals surface area contributed by atoms with Crippen LogP contribution in [0.4, 0.5) is 0 Å². The van der Waals surface area contributed by atoms with Crippen LogP contribution in [0.3, 0.4) is 0 Å². The molecule has 0 amide bonds. The predicted octanol–water partition coefficient (Wildman–Crippen LogP) is -3.80. The van der Waals surface area contributed by atoms with Gasteiger partial charge in [-0.25, -0.2) is 0 Å². The topological polar surface area (TPSA) is 54.4 Å². The molecule has 0 spiro atoms. The molecular weight excluding hydrogens is 210 g/mol. The molecular formula is C7H16Na2O3S. The SMILES string of the molecule is CCCCCC=CS(=O)(=O)O.[H-].[H-].[Na+].[Na+]. The van der Waals surface area contributed by atoms with Crippen molar-refractivity contribution in [1.82, 2.24) is 0 Å². The van der Waals surface area contributed by atoms with Crippen molar-refractivity contribution >= 4 is 10.1 Å². The molecule has 0 saturated heterocycles. The van der Waals surface area contributed by atoms with Gasteiger partial charge in [0.2, 0.25) is 0 Å². The van der Waals surface area contributed by atoms with Gasteiger partial charge in [-0.15, -0.1) is 0 Å². The van der Waals surface area contributed by atoms with Crippen LogP contribution >= 0.6 is 0 Å². The Morgan fingerprint density at radius 1 is 1.31 bits per heavy atom. The number of rotatable bonds is 5. The molecule has 0 saturated carbocycles. The van der Waals surface area contributed by atoms with Crippen LogP contribution in [0.5, 0.6) is 0 Å². The number of unbranched alkanes of at least 4 members (excludes halogenated alkanes) is 3. The monoisotopic (exact) mass is 226 g/mol. The van der Waals surface area contributed by atoms with E-state index in [1.54, 1.807) is 0 Å². The molecule has 0 aromatic rings. The van der Waals surface area contributed by atoms with Crippen molar-refractivity contribution < 1.29 is 74.9 Å². The molecule has 0 aromatic carbocycles. The Kier molecular flexibility index (Phi) is 18.1. The second kappa shape index (κ2) is 11.7. The van der Waals surface area contributed by atoms with E-state index in [2.05, 4.69) is 6.92 Å². The minimum absolute atomic E-state index is 0. The first-order valence-corrected chi connectivity index (χ1v) is 5.20. The number of allylic oxidation sites excluding steroid dienone is 1. The van der Waals surface area contributed by atoms with Gasteiger partial charge in [0.1, 0.15) is 0 Å². The first kappa shape index (κ1) is 20.1. The zero-order valence-corrected chi connectivity index (χ0v) is 13.5. The third kappa shape index (κ3) is 19.9. The normalized spacial score (nSPS) is 10.6. The Morgan fingerprint density at radius 2 is 1.85 bits per heavy atom. The van der Waals surface area contributed by atoms with E-state index in [0.717, 1.165) is 24.7 Å². The molecule has 0 fully saturated rings. The Bertz CT molecular complexity index is 220. The molecule has 0 unspecified atom stereocenters. The average molecular weight is 226 g/mol.